The molecule has 0 bridgehead atoms. The van der Waals surface area contributed by atoms with Crippen LogP contribution in [0, 0.1) is 0 Å². The van der Waals surface area contributed by atoms with Crippen molar-refractivity contribution in [1.82, 2.24) is 14.5 Å². The summed E-state index contributed by atoms with van der Waals surface area (Å²) in [5, 5.41) is 3.53. The fourth-order valence-corrected chi connectivity index (χ4v) is 5.26. The molecule has 1 aromatic carbocycles. The van der Waals surface area contributed by atoms with Gasteiger partial charge in [0.15, 0.2) is 0 Å². The molecule has 2 aliphatic rings. The number of hydrogen-bond acceptors (Lipinski definition) is 4. The van der Waals surface area contributed by atoms with Gasteiger partial charge in [-0.25, -0.2) is 8.42 Å². The van der Waals surface area contributed by atoms with Crippen molar-refractivity contribution in [2.75, 3.05) is 26.7 Å². The lowest BCUT2D eigenvalue weighted by molar-refractivity contribution is -0.125. The van der Waals surface area contributed by atoms with E-state index in [4.69, 9.17) is 11.6 Å². The van der Waals surface area contributed by atoms with Crippen molar-refractivity contribution >= 4 is 27.5 Å². The maximum Gasteiger partial charge on any atom is 0.243 e. The van der Waals surface area contributed by atoms with Crippen LogP contribution in [-0.4, -0.2) is 62.3 Å². The Morgan fingerprint density at radius 2 is 1.76 bits per heavy atom. The number of amides is 1. The Hall–Kier alpha value is -1.15. The van der Waals surface area contributed by atoms with Crippen LogP contribution in [0.1, 0.15) is 25.7 Å². The Morgan fingerprint density at radius 1 is 1.12 bits per heavy atom. The first-order valence-electron chi connectivity index (χ1n) is 8.64. The van der Waals surface area contributed by atoms with Gasteiger partial charge in [0.25, 0.3) is 0 Å². The highest BCUT2D eigenvalue weighted by molar-refractivity contribution is 7.89. The van der Waals surface area contributed by atoms with E-state index in [1.807, 2.05) is 0 Å². The van der Waals surface area contributed by atoms with E-state index < -0.39 is 16.1 Å². The predicted molar refractivity (Wildman–Crippen MR) is 97.0 cm³/mol. The summed E-state index contributed by atoms with van der Waals surface area (Å²) in [4.78, 5) is 15.1. The van der Waals surface area contributed by atoms with Crippen LogP contribution in [0.25, 0.3) is 0 Å². The third-order valence-corrected chi connectivity index (χ3v) is 7.17. The molecule has 0 radical (unpaired) electrons. The van der Waals surface area contributed by atoms with Crippen molar-refractivity contribution < 1.29 is 13.2 Å². The van der Waals surface area contributed by atoms with Gasteiger partial charge in [0.1, 0.15) is 6.04 Å². The van der Waals surface area contributed by atoms with Gasteiger partial charge in [-0.2, -0.15) is 4.31 Å². The zero-order valence-corrected chi connectivity index (χ0v) is 15.9. The molecule has 0 unspecified atom stereocenters. The number of rotatable bonds is 4. The van der Waals surface area contributed by atoms with Gasteiger partial charge < -0.3 is 10.2 Å². The molecule has 1 atom stereocenters. The Morgan fingerprint density at radius 3 is 2.40 bits per heavy atom. The normalized spacial score (nSPS) is 23.7. The van der Waals surface area contributed by atoms with Gasteiger partial charge in [-0.05, 0) is 70.1 Å². The lowest BCUT2D eigenvalue weighted by Gasteiger charge is -2.31. The number of hydrogen-bond donors (Lipinski definition) is 1. The van der Waals surface area contributed by atoms with Crippen LogP contribution < -0.4 is 5.32 Å². The minimum atomic E-state index is -3.69. The van der Waals surface area contributed by atoms with Crippen molar-refractivity contribution in [3.8, 4) is 0 Å². The number of likely N-dealkylation sites (tertiary alicyclic amines) is 1. The number of carbonyl (C=O) groups excluding carboxylic acids is 1. The van der Waals surface area contributed by atoms with E-state index >= 15 is 0 Å². The predicted octanol–water partition coefficient (Wildman–Crippen LogP) is 1.70. The van der Waals surface area contributed by atoms with Gasteiger partial charge in [-0.3, -0.25) is 4.79 Å². The maximum atomic E-state index is 12.9. The number of carbonyl (C=O) groups is 1. The highest BCUT2D eigenvalue weighted by Gasteiger charge is 2.40. The van der Waals surface area contributed by atoms with E-state index in [2.05, 4.69) is 17.3 Å². The summed E-state index contributed by atoms with van der Waals surface area (Å²) < 4.78 is 27.1. The van der Waals surface area contributed by atoms with Crippen molar-refractivity contribution in [2.24, 2.45) is 0 Å². The molecule has 2 aliphatic heterocycles. The molecule has 2 heterocycles. The second-order valence-electron chi connectivity index (χ2n) is 6.81. The molecule has 0 aromatic heterocycles. The standard InChI is InChI=1S/C17H24ClN3O3S/c1-20-11-8-14(9-12-20)19-17(22)16-3-2-10-21(16)25(23,24)15-6-4-13(18)5-7-15/h4-7,14,16H,2-3,8-12H2,1H3,(H,19,22)/t16-/m1/s1. The SMILES string of the molecule is CN1CCC(NC(=O)[C@H]2CCCN2S(=O)(=O)c2ccc(Cl)cc2)CC1. The number of sulfonamides is 1. The van der Waals surface area contributed by atoms with E-state index in [-0.39, 0.29) is 16.8 Å². The molecular weight excluding hydrogens is 362 g/mol. The van der Waals surface area contributed by atoms with Crippen molar-refractivity contribution in [2.45, 2.75) is 42.7 Å². The van der Waals surface area contributed by atoms with Crippen LogP contribution in [0.5, 0.6) is 0 Å². The molecule has 6 nitrogen and oxygen atoms in total. The second kappa shape index (κ2) is 7.61. The minimum absolute atomic E-state index is 0.129. The third-order valence-electron chi connectivity index (χ3n) is 4.99. The van der Waals surface area contributed by atoms with Gasteiger partial charge in [0, 0.05) is 17.6 Å². The van der Waals surface area contributed by atoms with E-state index in [0.29, 0.717) is 24.4 Å². The highest BCUT2D eigenvalue weighted by atomic mass is 35.5. The van der Waals surface area contributed by atoms with Gasteiger partial charge in [-0.15, -0.1) is 0 Å². The number of nitrogens with zero attached hydrogens (tertiary/aromatic N) is 2. The average molecular weight is 386 g/mol. The molecule has 2 saturated heterocycles. The first-order valence-corrected chi connectivity index (χ1v) is 10.5. The van der Waals surface area contributed by atoms with E-state index in [1.165, 1.54) is 16.4 Å². The molecule has 0 saturated carbocycles. The summed E-state index contributed by atoms with van der Waals surface area (Å²) in [5.74, 6) is -0.176. The van der Waals surface area contributed by atoms with Crippen LogP contribution >= 0.6 is 11.6 Å². The van der Waals surface area contributed by atoms with Crippen molar-refractivity contribution in [3.05, 3.63) is 29.3 Å². The smallest absolute Gasteiger partial charge is 0.243 e. The molecule has 0 spiro atoms. The Balaban J connectivity index is 1.71. The lowest BCUT2D eigenvalue weighted by atomic mass is 10.0. The third kappa shape index (κ3) is 4.16. The summed E-state index contributed by atoms with van der Waals surface area (Å²) in [6.07, 6.45) is 3.06. The molecule has 0 aliphatic carbocycles. The molecule has 1 aromatic rings. The average Bonchev–Trinajstić information content (AvgIpc) is 3.08. The zero-order chi connectivity index (χ0) is 18.0. The number of piperidine rings is 1. The number of benzene rings is 1. The summed E-state index contributed by atoms with van der Waals surface area (Å²) in [7, 11) is -1.63. The molecule has 2 fully saturated rings. The first-order chi connectivity index (χ1) is 11.9. The summed E-state index contributed by atoms with van der Waals surface area (Å²) in [5.41, 5.74) is 0. The molecule has 1 amide bonds. The maximum absolute atomic E-state index is 12.9. The van der Waals surface area contributed by atoms with Crippen molar-refractivity contribution in [3.63, 3.8) is 0 Å². The highest BCUT2D eigenvalue weighted by Crippen LogP contribution is 2.27. The molecule has 138 valence electrons. The van der Waals surface area contributed by atoms with Crippen molar-refractivity contribution in [1.29, 1.82) is 0 Å². The van der Waals surface area contributed by atoms with Gasteiger partial charge in [-0.1, -0.05) is 11.6 Å². The number of halogens is 1. The monoisotopic (exact) mass is 385 g/mol. The molecule has 25 heavy (non-hydrogen) atoms. The van der Waals surface area contributed by atoms with E-state index in [9.17, 15) is 13.2 Å². The van der Waals surface area contributed by atoms with Crippen LogP contribution in [0.3, 0.4) is 0 Å². The quantitative estimate of drug-likeness (QED) is 0.856. The Bertz CT molecular complexity index is 715. The van der Waals surface area contributed by atoms with E-state index in [0.717, 1.165) is 25.9 Å². The van der Waals surface area contributed by atoms with Gasteiger partial charge in [0.05, 0.1) is 4.90 Å². The fourth-order valence-electron chi connectivity index (χ4n) is 3.48. The number of nitrogens with one attached hydrogen (secondary N) is 1. The van der Waals surface area contributed by atoms with E-state index in [1.54, 1.807) is 12.1 Å². The molecule has 3 rings (SSSR count). The minimum Gasteiger partial charge on any atom is -0.352 e. The van der Waals surface area contributed by atoms with Crippen LogP contribution in [0.2, 0.25) is 5.02 Å². The van der Waals surface area contributed by atoms with Crippen LogP contribution in [-0.2, 0) is 14.8 Å². The fraction of sp³-hybridized carbons (Fsp3) is 0.588. The second-order valence-corrected chi connectivity index (χ2v) is 9.14. The molecular formula is C17H24ClN3O3S. The first kappa shape index (κ1) is 18.6. The van der Waals surface area contributed by atoms with Gasteiger partial charge in [0.2, 0.25) is 15.9 Å². The lowest BCUT2D eigenvalue weighted by Crippen LogP contribution is -2.51. The van der Waals surface area contributed by atoms with Crippen LogP contribution in [0.15, 0.2) is 29.2 Å². The zero-order valence-electron chi connectivity index (χ0n) is 14.3. The molecule has 1 N–H and O–H groups in total. The Labute approximate surface area is 154 Å². The summed E-state index contributed by atoms with van der Waals surface area (Å²) in [6, 6.07) is 5.59. The topological polar surface area (TPSA) is 69.7 Å². The summed E-state index contributed by atoms with van der Waals surface area (Å²) in [6.45, 7) is 2.27. The summed E-state index contributed by atoms with van der Waals surface area (Å²) >= 11 is 5.84. The van der Waals surface area contributed by atoms with Gasteiger partial charge >= 0.3 is 0 Å². The molecule has 8 heteroatoms. The largest absolute Gasteiger partial charge is 0.352 e. The Kier molecular flexibility index (Phi) is 5.68. The van der Waals surface area contributed by atoms with Crippen LogP contribution in [0.4, 0.5) is 0 Å².